The lowest BCUT2D eigenvalue weighted by Crippen LogP contribution is -2.29. The Labute approximate surface area is 74.1 Å². The van der Waals surface area contributed by atoms with Gasteiger partial charge in [-0.3, -0.25) is 4.79 Å². The lowest BCUT2D eigenvalue weighted by atomic mass is 10.3. The number of carbonyl (C=O) groups excluding carboxylic acids is 1. The molecular formula is C8H16O3S. The van der Waals surface area contributed by atoms with Crippen molar-refractivity contribution in [2.45, 2.75) is 32.9 Å². The van der Waals surface area contributed by atoms with Crippen molar-refractivity contribution in [1.82, 2.24) is 0 Å². The molecule has 0 aliphatic carbocycles. The van der Waals surface area contributed by atoms with E-state index in [4.69, 9.17) is 0 Å². The molecule has 0 aliphatic heterocycles. The molecule has 0 fully saturated rings. The molecule has 4 heteroatoms. The van der Waals surface area contributed by atoms with Gasteiger partial charge in [0.15, 0.2) is 9.84 Å². The van der Waals surface area contributed by atoms with Gasteiger partial charge in [0.2, 0.25) is 0 Å². The molecule has 0 aromatic heterocycles. The Morgan fingerprint density at radius 1 is 1.25 bits per heavy atom. The van der Waals surface area contributed by atoms with Crippen LogP contribution < -0.4 is 0 Å². The zero-order valence-electron chi connectivity index (χ0n) is 7.99. The average Bonchev–Trinajstić information content (AvgIpc) is 1.82. The van der Waals surface area contributed by atoms with Crippen LogP contribution in [-0.2, 0) is 14.6 Å². The van der Waals surface area contributed by atoms with Crippen LogP contribution in [-0.4, -0.2) is 25.2 Å². The molecule has 0 aromatic rings. The van der Waals surface area contributed by atoms with Crippen LogP contribution in [0.1, 0.15) is 27.7 Å². The summed E-state index contributed by atoms with van der Waals surface area (Å²) in [5.74, 6) is -0.110. The summed E-state index contributed by atoms with van der Waals surface area (Å²) < 4.78 is 22.7. The number of hydrogen-bond acceptors (Lipinski definition) is 3. The van der Waals surface area contributed by atoms with Gasteiger partial charge in [0.05, 0.1) is 5.75 Å². The van der Waals surface area contributed by atoms with E-state index in [-0.39, 0.29) is 17.5 Å². The van der Waals surface area contributed by atoms with Crippen LogP contribution in [0.4, 0.5) is 0 Å². The van der Waals surface area contributed by atoms with Crippen molar-refractivity contribution < 1.29 is 13.2 Å². The van der Waals surface area contributed by atoms with Crippen molar-refractivity contribution >= 4 is 15.6 Å². The topological polar surface area (TPSA) is 51.2 Å². The SMILES string of the molecule is CC(=O)C(C)S(=O)(=O)CC(C)C. The molecule has 72 valence electrons. The molecule has 0 spiro atoms. The summed E-state index contributed by atoms with van der Waals surface area (Å²) in [4.78, 5) is 10.8. The summed E-state index contributed by atoms with van der Waals surface area (Å²) in [6.07, 6.45) is 0. The third kappa shape index (κ3) is 3.34. The summed E-state index contributed by atoms with van der Waals surface area (Å²) in [7, 11) is -3.21. The van der Waals surface area contributed by atoms with Gasteiger partial charge in [0, 0.05) is 0 Å². The van der Waals surface area contributed by atoms with E-state index >= 15 is 0 Å². The fourth-order valence-electron chi connectivity index (χ4n) is 0.862. The third-order valence-electron chi connectivity index (χ3n) is 1.68. The monoisotopic (exact) mass is 192 g/mol. The van der Waals surface area contributed by atoms with Crippen molar-refractivity contribution in [2.24, 2.45) is 5.92 Å². The highest BCUT2D eigenvalue weighted by molar-refractivity contribution is 7.92. The van der Waals surface area contributed by atoms with Gasteiger partial charge in [-0.2, -0.15) is 0 Å². The summed E-state index contributed by atoms with van der Waals surface area (Å²) in [5.41, 5.74) is 0. The molecule has 0 amide bonds. The predicted octanol–water partition coefficient (Wildman–Crippen LogP) is 1.03. The van der Waals surface area contributed by atoms with Crippen LogP contribution in [0.2, 0.25) is 0 Å². The van der Waals surface area contributed by atoms with Gasteiger partial charge >= 0.3 is 0 Å². The number of carbonyl (C=O) groups is 1. The highest BCUT2D eigenvalue weighted by Crippen LogP contribution is 2.07. The Morgan fingerprint density at radius 2 is 1.67 bits per heavy atom. The maximum atomic E-state index is 11.4. The van der Waals surface area contributed by atoms with Gasteiger partial charge in [-0.15, -0.1) is 0 Å². The molecule has 0 aliphatic rings. The van der Waals surface area contributed by atoms with E-state index in [1.165, 1.54) is 13.8 Å². The molecule has 12 heavy (non-hydrogen) atoms. The van der Waals surface area contributed by atoms with Crippen molar-refractivity contribution in [3.8, 4) is 0 Å². The maximum Gasteiger partial charge on any atom is 0.160 e. The molecule has 1 atom stereocenters. The first-order chi connectivity index (χ1) is 5.27. The Kier molecular flexibility index (Phi) is 3.90. The summed E-state index contributed by atoms with van der Waals surface area (Å²) >= 11 is 0. The van der Waals surface area contributed by atoms with Gasteiger partial charge in [-0.1, -0.05) is 13.8 Å². The maximum absolute atomic E-state index is 11.4. The Morgan fingerprint density at radius 3 is 1.92 bits per heavy atom. The Balaban J connectivity index is 4.52. The lowest BCUT2D eigenvalue weighted by molar-refractivity contribution is -0.116. The van der Waals surface area contributed by atoms with Crippen molar-refractivity contribution in [3.63, 3.8) is 0 Å². The lowest BCUT2D eigenvalue weighted by Gasteiger charge is -2.11. The molecule has 0 saturated heterocycles. The van der Waals surface area contributed by atoms with Crippen LogP contribution in [0.25, 0.3) is 0 Å². The predicted molar refractivity (Wildman–Crippen MR) is 48.8 cm³/mol. The first-order valence-electron chi connectivity index (χ1n) is 3.99. The minimum absolute atomic E-state index is 0.0804. The van der Waals surface area contributed by atoms with Crippen molar-refractivity contribution in [2.75, 3.05) is 5.75 Å². The van der Waals surface area contributed by atoms with Crippen molar-refractivity contribution in [1.29, 1.82) is 0 Å². The smallest absolute Gasteiger partial charge is 0.160 e. The highest BCUT2D eigenvalue weighted by atomic mass is 32.2. The zero-order chi connectivity index (χ0) is 9.94. The first kappa shape index (κ1) is 11.6. The molecule has 1 unspecified atom stereocenters. The van der Waals surface area contributed by atoms with Gasteiger partial charge in [-0.25, -0.2) is 8.42 Å². The number of rotatable bonds is 4. The summed E-state index contributed by atoms with van der Waals surface area (Å²) in [5, 5.41) is -0.847. The van der Waals surface area contributed by atoms with Crippen LogP contribution in [0.5, 0.6) is 0 Å². The van der Waals surface area contributed by atoms with Gasteiger partial charge in [0.1, 0.15) is 11.0 Å². The summed E-state index contributed by atoms with van der Waals surface area (Å²) in [6, 6.07) is 0. The zero-order valence-corrected chi connectivity index (χ0v) is 8.81. The second-order valence-corrected chi connectivity index (χ2v) is 5.84. The molecule has 0 rings (SSSR count). The second kappa shape index (κ2) is 4.03. The van der Waals surface area contributed by atoms with E-state index < -0.39 is 15.1 Å². The molecule has 0 aromatic carbocycles. The minimum Gasteiger partial charge on any atom is -0.299 e. The fraction of sp³-hybridized carbons (Fsp3) is 0.875. The van der Waals surface area contributed by atoms with E-state index in [1.54, 1.807) is 0 Å². The van der Waals surface area contributed by atoms with Crippen molar-refractivity contribution in [3.05, 3.63) is 0 Å². The average molecular weight is 192 g/mol. The van der Waals surface area contributed by atoms with Crippen LogP contribution in [0.3, 0.4) is 0 Å². The molecule has 0 heterocycles. The third-order valence-corrected chi connectivity index (χ3v) is 4.22. The quantitative estimate of drug-likeness (QED) is 0.668. The molecule has 0 radical (unpaired) electrons. The number of sulfone groups is 1. The Bertz CT molecular complexity index is 251. The normalized spacial score (nSPS) is 14.8. The molecule has 3 nitrogen and oxygen atoms in total. The van der Waals surface area contributed by atoms with E-state index in [2.05, 4.69) is 0 Å². The van der Waals surface area contributed by atoms with E-state index in [9.17, 15) is 13.2 Å². The van der Waals surface area contributed by atoms with E-state index in [1.807, 2.05) is 13.8 Å². The molecule has 0 saturated carbocycles. The van der Waals surface area contributed by atoms with Gasteiger partial charge in [-0.05, 0) is 19.8 Å². The van der Waals surface area contributed by atoms with Gasteiger partial charge in [0.25, 0.3) is 0 Å². The molecule has 0 bridgehead atoms. The van der Waals surface area contributed by atoms with E-state index in [0.29, 0.717) is 0 Å². The largest absolute Gasteiger partial charge is 0.299 e. The second-order valence-electron chi connectivity index (χ2n) is 3.48. The van der Waals surface area contributed by atoms with E-state index in [0.717, 1.165) is 0 Å². The molecular weight excluding hydrogens is 176 g/mol. The summed E-state index contributed by atoms with van der Waals surface area (Å²) in [6.45, 7) is 6.40. The standard InChI is InChI=1S/C8H16O3S/c1-6(2)5-12(10,11)8(4)7(3)9/h6,8H,5H2,1-4H3. The van der Waals surface area contributed by atoms with Crippen LogP contribution >= 0.6 is 0 Å². The number of Topliss-reactive ketones (excluding diaryl/α,β-unsaturated/α-hetero) is 1. The van der Waals surface area contributed by atoms with Gasteiger partial charge < -0.3 is 0 Å². The molecule has 0 N–H and O–H groups in total. The number of ketones is 1. The van der Waals surface area contributed by atoms with Crippen LogP contribution in [0, 0.1) is 5.92 Å². The number of hydrogen-bond donors (Lipinski definition) is 0. The minimum atomic E-state index is -3.21. The van der Waals surface area contributed by atoms with Crippen LogP contribution in [0.15, 0.2) is 0 Å². The fourth-order valence-corrected chi connectivity index (χ4v) is 2.59. The first-order valence-corrected chi connectivity index (χ1v) is 5.71. The Hall–Kier alpha value is -0.380. The highest BCUT2D eigenvalue weighted by Gasteiger charge is 2.25.